The number of hydrogen-bond acceptors (Lipinski definition) is 15. The number of aromatic hydroxyl groups is 1. The van der Waals surface area contributed by atoms with Crippen molar-refractivity contribution in [2.24, 2.45) is 7.05 Å². The third-order valence-corrected chi connectivity index (χ3v) is 13.3. The van der Waals surface area contributed by atoms with Gasteiger partial charge in [0.2, 0.25) is 11.1 Å². The van der Waals surface area contributed by atoms with Crippen LogP contribution in [-0.2, 0) is 21.4 Å². The number of imide groups is 1. The average Bonchev–Trinajstić information content (AvgIpc) is 3.83. The number of β-lactam (4-membered cyclic amide) rings is 1. The van der Waals surface area contributed by atoms with Crippen LogP contribution in [0.4, 0.5) is 21.0 Å². The fourth-order valence-corrected chi connectivity index (χ4v) is 10.9. The van der Waals surface area contributed by atoms with Crippen LogP contribution in [0.1, 0.15) is 11.6 Å². The predicted octanol–water partition coefficient (Wildman–Crippen LogP) is -3.89. The van der Waals surface area contributed by atoms with Crippen molar-refractivity contribution in [1.82, 2.24) is 46.0 Å². The normalized spacial score (nSPS) is 22.2. The van der Waals surface area contributed by atoms with Gasteiger partial charge in [0.15, 0.2) is 5.75 Å². The monoisotopic (exact) mass is 728 g/mol. The molecule has 0 spiro atoms. The number of hydrogen-bond donors (Lipinski definition) is 4. The smallest absolute Gasteiger partial charge is 0.543 e. The molecule has 3 atom stereocenters. The van der Waals surface area contributed by atoms with Crippen LogP contribution in [-0.4, -0.2) is 117 Å². The number of anilines is 2. The van der Waals surface area contributed by atoms with Crippen molar-refractivity contribution in [3.05, 3.63) is 29.0 Å². The van der Waals surface area contributed by atoms with Crippen LogP contribution in [0.25, 0.3) is 0 Å². The number of phenols is 1. The summed E-state index contributed by atoms with van der Waals surface area (Å²) in [5.41, 5.74) is 1.56. The number of nitrogens with one attached hydrogen (secondary N) is 3. The van der Waals surface area contributed by atoms with E-state index in [1.165, 1.54) is 28.2 Å². The van der Waals surface area contributed by atoms with E-state index in [0.717, 1.165) is 21.3 Å². The number of rotatable bonds is 9. The summed E-state index contributed by atoms with van der Waals surface area (Å²) in [6.45, 7) is 0.369. The molecule has 1 aromatic carbocycles. The van der Waals surface area contributed by atoms with E-state index in [2.05, 4.69) is 31.5 Å². The zero-order valence-electron chi connectivity index (χ0n) is 24.9. The summed E-state index contributed by atoms with van der Waals surface area (Å²) < 4.78 is 1.51. The quantitative estimate of drug-likeness (QED) is 0.110. The molecule has 242 valence electrons. The number of carboxylic acid groups (broad SMARTS) is 1. The van der Waals surface area contributed by atoms with E-state index in [1.807, 2.05) is 4.90 Å². The Balaban J connectivity index is 0.00000386. The van der Waals surface area contributed by atoms with Crippen molar-refractivity contribution < 1.29 is 63.7 Å². The molecule has 7 heterocycles. The molecule has 2 bridgehead atoms. The Morgan fingerprint density at radius 1 is 1.17 bits per heavy atom. The van der Waals surface area contributed by atoms with Gasteiger partial charge in [-0.3, -0.25) is 14.5 Å². The minimum Gasteiger partial charge on any atom is -0.543 e. The van der Waals surface area contributed by atoms with Crippen LogP contribution in [0, 0.1) is 0 Å². The molecule has 0 aliphatic carbocycles. The number of fused-ring (bicyclic) bond motifs is 3. The first kappa shape index (κ1) is 34.1. The SMILES string of the molecule is Cn1nnnc1SCC1=C(C(=O)[O-])N2C(=O)C(NC(=O)C(NC(=O)N3CCNC3=O)c3cc4c(O)c(c3)N4C3SCCS3)[C@@H]2SC1.[Na+]. The van der Waals surface area contributed by atoms with Crippen molar-refractivity contribution in [2.75, 3.05) is 41.0 Å². The molecule has 0 radical (unpaired) electrons. The Labute approximate surface area is 306 Å². The first-order valence-corrected chi connectivity index (χ1v) is 18.1. The number of urea groups is 2. The second-order valence-electron chi connectivity index (χ2n) is 10.6. The number of phenolic OH excluding ortho intramolecular Hbond substituents is 1. The molecule has 17 nitrogen and oxygen atoms in total. The molecule has 3 saturated heterocycles. The summed E-state index contributed by atoms with van der Waals surface area (Å²) >= 11 is 5.96. The molecule has 47 heavy (non-hydrogen) atoms. The molecule has 4 N–H and O–H groups in total. The van der Waals surface area contributed by atoms with Crippen molar-refractivity contribution in [3.63, 3.8) is 0 Å². The van der Waals surface area contributed by atoms with Crippen LogP contribution >= 0.6 is 47.0 Å². The largest absolute Gasteiger partial charge is 1.00 e. The molecule has 8 rings (SSSR count). The van der Waals surface area contributed by atoms with Crippen molar-refractivity contribution in [1.29, 1.82) is 0 Å². The van der Waals surface area contributed by atoms with E-state index in [4.69, 9.17) is 0 Å². The van der Waals surface area contributed by atoms with Gasteiger partial charge in [0.1, 0.15) is 22.2 Å². The first-order valence-electron chi connectivity index (χ1n) is 13.9. The van der Waals surface area contributed by atoms with Gasteiger partial charge in [0, 0.05) is 43.1 Å². The molecule has 2 unspecified atom stereocenters. The average molecular weight is 729 g/mol. The Morgan fingerprint density at radius 3 is 2.51 bits per heavy atom. The number of benzene rings is 1. The van der Waals surface area contributed by atoms with E-state index in [-0.39, 0.29) is 70.3 Å². The molecule has 0 saturated carbocycles. The van der Waals surface area contributed by atoms with Gasteiger partial charge in [-0.25, -0.2) is 19.2 Å². The van der Waals surface area contributed by atoms with E-state index in [1.54, 1.807) is 42.7 Å². The summed E-state index contributed by atoms with van der Waals surface area (Å²) in [6, 6.07) is -0.611. The van der Waals surface area contributed by atoms with Crippen molar-refractivity contribution in [3.8, 4) is 5.75 Å². The zero-order valence-corrected chi connectivity index (χ0v) is 30.1. The number of thioether (sulfide) groups is 4. The number of carbonyl (C=O) groups is 5. The van der Waals surface area contributed by atoms with Crippen LogP contribution < -0.4 is 55.5 Å². The third kappa shape index (κ3) is 6.03. The van der Waals surface area contributed by atoms with Gasteiger partial charge in [-0.15, -0.1) is 40.4 Å². The van der Waals surface area contributed by atoms with Crippen molar-refractivity contribution >= 4 is 88.3 Å². The topological polar surface area (TPSA) is 218 Å². The number of nitrogens with zero attached hydrogens (tertiary/aromatic N) is 7. The van der Waals surface area contributed by atoms with Gasteiger partial charge in [-0.1, -0.05) is 11.8 Å². The fourth-order valence-electron chi connectivity index (χ4n) is 5.64. The third-order valence-electron chi connectivity index (χ3n) is 7.89. The minimum absolute atomic E-state index is 0. The number of aromatic nitrogens is 4. The Kier molecular flexibility index (Phi) is 9.85. The van der Waals surface area contributed by atoms with E-state index < -0.39 is 47.3 Å². The molecule has 6 aliphatic rings. The maximum absolute atomic E-state index is 13.8. The summed E-state index contributed by atoms with van der Waals surface area (Å²) in [5, 5.41) is 41.5. The van der Waals surface area contributed by atoms with Gasteiger partial charge >= 0.3 is 41.6 Å². The standard InChI is InChI=1S/C25H26N10O7S4.Na/c1-32-24(29-30-31-32)46-9-11-8-45-20-15(19(38)35(20)16(11)21(39)40)27-18(37)14(28-23(42)33-3-2-26-22(33)41)10-6-12-17(36)13(7-10)34(12)25-43-4-5-44-25;/h6-7,14-15,20,25,36H,2-5,8-9H2,1H3,(H,26,41)(H,27,37)(H,28,42)(H,39,40);/q;+1/p-1/t14?,15?,20-;/m0./s1. The molecule has 2 aromatic rings. The molecule has 1 aromatic heterocycles. The molecular formula is C25H25N10NaO7S4. The summed E-state index contributed by atoms with van der Waals surface area (Å²) in [6.07, 6.45) is 0. The first-order chi connectivity index (χ1) is 22.1. The number of aliphatic carboxylic acids is 1. The predicted molar refractivity (Wildman–Crippen MR) is 167 cm³/mol. The number of carboxylic acids is 1. The van der Waals surface area contributed by atoms with E-state index >= 15 is 0 Å². The zero-order chi connectivity index (χ0) is 32.3. The Hall–Kier alpha value is -2.82. The van der Waals surface area contributed by atoms with Gasteiger partial charge < -0.3 is 35.9 Å². The minimum atomic E-state index is -1.52. The van der Waals surface area contributed by atoms with Gasteiger partial charge in [-0.05, 0) is 33.7 Å². The van der Waals surface area contributed by atoms with Crippen LogP contribution in [0.15, 0.2) is 28.6 Å². The van der Waals surface area contributed by atoms with Crippen LogP contribution in [0.3, 0.4) is 0 Å². The fraction of sp³-hybridized carbons (Fsp3) is 0.440. The summed E-state index contributed by atoms with van der Waals surface area (Å²) in [4.78, 5) is 68.6. The van der Waals surface area contributed by atoms with E-state index in [9.17, 15) is 34.2 Å². The molecule has 3 fully saturated rings. The maximum atomic E-state index is 13.8. The summed E-state index contributed by atoms with van der Waals surface area (Å²) in [5.74, 6) is -0.430. The van der Waals surface area contributed by atoms with Gasteiger partial charge in [0.05, 0.1) is 23.0 Å². The van der Waals surface area contributed by atoms with Crippen LogP contribution in [0.5, 0.6) is 5.75 Å². The maximum Gasteiger partial charge on any atom is 1.00 e. The second-order valence-corrected chi connectivity index (χ2v) is 15.3. The molecule has 6 aliphatic heterocycles. The molecule has 22 heteroatoms. The number of tetrazole rings is 1. The Bertz CT molecular complexity index is 1680. The van der Waals surface area contributed by atoms with Crippen molar-refractivity contribution in [2.45, 2.75) is 27.3 Å². The molecule has 6 amide bonds. The summed E-state index contributed by atoms with van der Waals surface area (Å²) in [7, 11) is 1.65. The van der Waals surface area contributed by atoms with Gasteiger partial charge in [-0.2, -0.15) is 0 Å². The number of amides is 6. The second kappa shape index (κ2) is 13.6. The number of aryl methyl sites for hydroxylation is 1. The Morgan fingerprint density at radius 2 is 1.89 bits per heavy atom. The van der Waals surface area contributed by atoms with Crippen LogP contribution in [0.2, 0.25) is 0 Å². The van der Waals surface area contributed by atoms with E-state index in [0.29, 0.717) is 27.7 Å². The number of carbonyl (C=O) groups excluding carboxylic acids is 5. The van der Waals surface area contributed by atoms with Gasteiger partial charge in [0.25, 0.3) is 5.91 Å². The molecular weight excluding hydrogens is 704 g/mol.